The molecule has 0 aliphatic carbocycles. The molecule has 0 saturated heterocycles. The summed E-state index contributed by atoms with van der Waals surface area (Å²) in [7, 11) is 0. The zero-order valence-corrected chi connectivity index (χ0v) is 13.4. The van der Waals surface area contributed by atoms with Gasteiger partial charge in [0.1, 0.15) is 17.8 Å². The fourth-order valence-electron chi connectivity index (χ4n) is 2.21. The van der Waals surface area contributed by atoms with E-state index in [9.17, 15) is 14.7 Å². The molecule has 126 valence electrons. The van der Waals surface area contributed by atoms with Crippen LogP contribution in [0.5, 0.6) is 0 Å². The van der Waals surface area contributed by atoms with Gasteiger partial charge in [0.05, 0.1) is 6.54 Å². The summed E-state index contributed by atoms with van der Waals surface area (Å²) in [4.78, 5) is 26.8. The molecule has 1 aromatic carbocycles. The normalized spacial score (nSPS) is 11.5. The van der Waals surface area contributed by atoms with Gasteiger partial charge in [-0.2, -0.15) is 10.2 Å². The van der Waals surface area contributed by atoms with E-state index in [-0.39, 0.29) is 23.1 Å². The van der Waals surface area contributed by atoms with Gasteiger partial charge in [0.25, 0.3) is 0 Å². The first-order valence-corrected chi connectivity index (χ1v) is 7.47. The molecular weight excluding hydrogens is 322 g/mol. The van der Waals surface area contributed by atoms with Gasteiger partial charge in [-0.25, -0.2) is 4.98 Å². The van der Waals surface area contributed by atoms with E-state index >= 15 is 0 Å². The van der Waals surface area contributed by atoms with Crippen LogP contribution in [-0.2, 0) is 6.54 Å². The topological polar surface area (TPSA) is 114 Å². The van der Waals surface area contributed by atoms with Crippen molar-refractivity contribution in [1.82, 2.24) is 25.0 Å². The second-order valence-corrected chi connectivity index (χ2v) is 5.38. The summed E-state index contributed by atoms with van der Waals surface area (Å²) < 4.78 is 1.63. The lowest BCUT2D eigenvalue weighted by Gasteiger charge is -2.03. The van der Waals surface area contributed by atoms with E-state index in [0.29, 0.717) is 12.1 Å². The minimum atomic E-state index is -0.496. The Morgan fingerprint density at radius 1 is 1.24 bits per heavy atom. The lowest BCUT2D eigenvalue weighted by Crippen LogP contribution is -2.03. The Labute approximate surface area is 142 Å². The van der Waals surface area contributed by atoms with Crippen LogP contribution in [0.25, 0.3) is 5.76 Å². The molecule has 8 heteroatoms. The Kier molecular flexibility index (Phi) is 4.51. The molecule has 2 heterocycles. The van der Waals surface area contributed by atoms with E-state index in [0.717, 1.165) is 11.6 Å². The van der Waals surface area contributed by atoms with Crippen molar-refractivity contribution in [1.29, 1.82) is 0 Å². The third-order valence-corrected chi connectivity index (χ3v) is 3.52. The van der Waals surface area contributed by atoms with E-state index in [2.05, 4.69) is 20.3 Å². The van der Waals surface area contributed by atoms with Gasteiger partial charge in [0, 0.05) is 17.8 Å². The summed E-state index contributed by atoms with van der Waals surface area (Å²) in [5.41, 5.74) is 1.88. The Balaban J connectivity index is 1.71. The first-order chi connectivity index (χ1) is 12.0. The van der Waals surface area contributed by atoms with Crippen LogP contribution in [0.4, 0.5) is 0 Å². The number of aromatic nitrogens is 5. The van der Waals surface area contributed by atoms with Crippen LogP contribution in [0, 0.1) is 0 Å². The number of hydrogen-bond acceptors (Lipinski definition) is 6. The summed E-state index contributed by atoms with van der Waals surface area (Å²) in [6.45, 7) is 1.99. The molecule has 0 aliphatic heterocycles. The molecule has 0 atom stereocenters. The molecule has 0 amide bonds. The number of rotatable bonds is 6. The van der Waals surface area contributed by atoms with Crippen molar-refractivity contribution in [2.75, 3.05) is 0 Å². The first-order valence-electron chi connectivity index (χ1n) is 7.47. The van der Waals surface area contributed by atoms with Crippen LogP contribution in [0.15, 0.2) is 48.9 Å². The summed E-state index contributed by atoms with van der Waals surface area (Å²) in [5.74, 6) is -0.701. The highest BCUT2D eigenvalue weighted by atomic mass is 16.3. The molecule has 2 aromatic heterocycles. The molecule has 0 bridgehead atoms. The number of aliphatic hydroxyl groups is 1. The SMILES string of the molecule is CC(=O)c1ccc(Cn2ccc(C(O)=CC(=O)c3ncn[nH]3)n2)cc1. The third kappa shape index (κ3) is 3.86. The monoisotopic (exact) mass is 337 g/mol. The summed E-state index contributed by atoms with van der Waals surface area (Å²) >= 11 is 0. The van der Waals surface area contributed by atoms with Gasteiger partial charge in [-0.3, -0.25) is 19.4 Å². The van der Waals surface area contributed by atoms with E-state index in [4.69, 9.17) is 0 Å². The maximum absolute atomic E-state index is 11.8. The molecule has 0 saturated carbocycles. The van der Waals surface area contributed by atoms with Crippen LogP contribution in [0.1, 0.15) is 39.2 Å². The lowest BCUT2D eigenvalue weighted by molar-refractivity contribution is 0.101. The van der Waals surface area contributed by atoms with Crippen LogP contribution in [-0.4, -0.2) is 41.6 Å². The number of ketones is 2. The molecule has 8 nitrogen and oxygen atoms in total. The van der Waals surface area contributed by atoms with Crippen molar-refractivity contribution >= 4 is 17.3 Å². The number of carbonyl (C=O) groups excluding carboxylic acids is 2. The van der Waals surface area contributed by atoms with Gasteiger partial charge in [-0.1, -0.05) is 24.3 Å². The molecule has 0 radical (unpaired) electrons. The fourth-order valence-corrected chi connectivity index (χ4v) is 2.21. The minimum absolute atomic E-state index is 0.0133. The van der Waals surface area contributed by atoms with Crippen molar-refractivity contribution in [3.63, 3.8) is 0 Å². The van der Waals surface area contributed by atoms with E-state index < -0.39 is 5.78 Å². The lowest BCUT2D eigenvalue weighted by atomic mass is 10.1. The number of benzene rings is 1. The van der Waals surface area contributed by atoms with Gasteiger partial charge in [0.15, 0.2) is 11.6 Å². The second kappa shape index (κ2) is 6.91. The number of H-pyrrole nitrogens is 1. The fraction of sp³-hybridized carbons (Fsp3) is 0.118. The number of aromatic amines is 1. The maximum Gasteiger partial charge on any atom is 0.226 e. The first kappa shape index (κ1) is 16.3. The summed E-state index contributed by atoms with van der Waals surface area (Å²) in [6, 6.07) is 8.82. The zero-order valence-electron chi connectivity index (χ0n) is 13.4. The molecule has 25 heavy (non-hydrogen) atoms. The summed E-state index contributed by atoms with van der Waals surface area (Å²) in [6.07, 6.45) is 3.94. The smallest absolute Gasteiger partial charge is 0.226 e. The standard InChI is InChI=1S/C17H15N5O3/c1-11(23)13-4-2-12(3-5-13)9-22-7-6-14(21-22)15(24)8-16(25)17-18-10-19-20-17/h2-8,10,24H,9H2,1H3,(H,18,19,20). The molecule has 2 N–H and O–H groups in total. The Morgan fingerprint density at radius 3 is 2.64 bits per heavy atom. The second-order valence-electron chi connectivity index (χ2n) is 5.38. The molecule has 3 aromatic rings. The van der Waals surface area contributed by atoms with Crippen molar-refractivity contribution in [2.24, 2.45) is 0 Å². The highest BCUT2D eigenvalue weighted by molar-refractivity contribution is 6.05. The highest BCUT2D eigenvalue weighted by Gasteiger charge is 2.11. The molecule has 0 spiro atoms. The van der Waals surface area contributed by atoms with Gasteiger partial charge >= 0.3 is 0 Å². The number of nitrogens with one attached hydrogen (secondary N) is 1. The zero-order chi connectivity index (χ0) is 17.8. The largest absolute Gasteiger partial charge is 0.505 e. The van der Waals surface area contributed by atoms with Crippen LogP contribution < -0.4 is 0 Å². The average molecular weight is 337 g/mol. The number of carbonyl (C=O) groups is 2. The van der Waals surface area contributed by atoms with Gasteiger partial charge in [-0.15, -0.1) is 0 Å². The number of allylic oxidation sites excluding steroid dienone is 1. The van der Waals surface area contributed by atoms with Crippen LogP contribution in [0.2, 0.25) is 0 Å². The number of aliphatic hydroxyl groups excluding tert-OH is 1. The number of nitrogens with zero attached hydrogens (tertiary/aromatic N) is 4. The predicted molar refractivity (Wildman–Crippen MR) is 89.1 cm³/mol. The maximum atomic E-state index is 11.8. The Hall–Kier alpha value is -3.55. The number of hydrogen-bond donors (Lipinski definition) is 2. The molecule has 3 rings (SSSR count). The van der Waals surface area contributed by atoms with Crippen molar-refractivity contribution in [3.05, 3.63) is 71.6 Å². The van der Waals surface area contributed by atoms with Crippen LogP contribution >= 0.6 is 0 Å². The van der Waals surface area contributed by atoms with Crippen molar-refractivity contribution in [2.45, 2.75) is 13.5 Å². The average Bonchev–Trinajstić information content (AvgIpc) is 3.27. The van der Waals surface area contributed by atoms with Crippen molar-refractivity contribution < 1.29 is 14.7 Å². The molecular formula is C17H15N5O3. The van der Waals surface area contributed by atoms with E-state index in [1.54, 1.807) is 29.1 Å². The summed E-state index contributed by atoms with van der Waals surface area (Å²) in [5, 5.41) is 20.3. The molecule has 0 unspecified atom stereocenters. The third-order valence-electron chi connectivity index (χ3n) is 3.52. The van der Waals surface area contributed by atoms with Gasteiger partial charge < -0.3 is 5.11 Å². The minimum Gasteiger partial charge on any atom is -0.505 e. The van der Waals surface area contributed by atoms with E-state index in [1.165, 1.54) is 13.3 Å². The molecule has 0 aliphatic rings. The quantitative estimate of drug-likeness (QED) is 0.404. The van der Waals surface area contributed by atoms with Gasteiger partial charge in [-0.05, 0) is 18.6 Å². The van der Waals surface area contributed by atoms with Gasteiger partial charge in [0.2, 0.25) is 5.78 Å². The highest BCUT2D eigenvalue weighted by Crippen LogP contribution is 2.11. The van der Waals surface area contributed by atoms with Crippen LogP contribution in [0.3, 0.4) is 0 Å². The Morgan fingerprint density at radius 2 is 2.00 bits per heavy atom. The Bertz CT molecular complexity index is 924. The number of Topliss-reactive ketones (excluding diaryl/α,β-unsaturated/α-hetero) is 1. The van der Waals surface area contributed by atoms with Crippen molar-refractivity contribution in [3.8, 4) is 0 Å². The molecule has 0 fully saturated rings. The predicted octanol–water partition coefficient (Wildman–Crippen LogP) is 2.03. The van der Waals surface area contributed by atoms with E-state index in [1.807, 2.05) is 12.1 Å².